The first-order valence-electron chi connectivity index (χ1n) is 6.51. The third kappa shape index (κ3) is 3.76. The number of amides is 1. The number of hydrogen-bond donors (Lipinski definition) is 3. The van der Waals surface area contributed by atoms with Crippen molar-refractivity contribution in [1.29, 1.82) is 0 Å². The number of nitrogens with two attached hydrogens (primary N) is 1. The van der Waals surface area contributed by atoms with Gasteiger partial charge in [-0.25, -0.2) is 0 Å². The third-order valence-electron chi connectivity index (χ3n) is 2.96. The maximum Gasteiger partial charge on any atom is 0.249 e. The van der Waals surface area contributed by atoms with Gasteiger partial charge in [0.05, 0.1) is 11.9 Å². The summed E-state index contributed by atoms with van der Waals surface area (Å²) in [6.07, 6.45) is 4.04. The lowest BCUT2D eigenvalue weighted by molar-refractivity contribution is 0.0999. The van der Waals surface area contributed by atoms with Crippen LogP contribution in [-0.4, -0.2) is 16.0 Å². The maximum atomic E-state index is 11.4. The van der Waals surface area contributed by atoms with Crippen LogP contribution in [0.2, 0.25) is 0 Å². The molecular formula is C15H16N4OS. The number of carbonyl (C=O) groups excluding carboxylic acids is 1. The Balaban J connectivity index is 2.18. The number of thiocarbonyl (C=S) groups is 1. The van der Waals surface area contributed by atoms with Crippen molar-refractivity contribution in [3.8, 4) is 0 Å². The van der Waals surface area contributed by atoms with E-state index in [1.807, 2.05) is 25.1 Å². The molecule has 0 radical (unpaired) electrons. The van der Waals surface area contributed by atoms with Crippen LogP contribution in [0.4, 0.5) is 11.4 Å². The molecule has 0 fully saturated rings. The van der Waals surface area contributed by atoms with Gasteiger partial charge in [0.1, 0.15) is 0 Å². The van der Waals surface area contributed by atoms with Crippen LogP contribution in [0.3, 0.4) is 0 Å². The SMILES string of the molecule is CCc1c(NC(=S)Nc2cccnc2)cccc1C(N)=O. The molecule has 0 unspecified atom stereocenters. The van der Waals surface area contributed by atoms with Crippen molar-refractivity contribution < 1.29 is 4.79 Å². The molecule has 0 saturated heterocycles. The number of nitrogens with one attached hydrogen (secondary N) is 2. The van der Waals surface area contributed by atoms with Crippen molar-refractivity contribution in [1.82, 2.24) is 4.98 Å². The molecule has 5 nitrogen and oxygen atoms in total. The predicted molar refractivity (Wildman–Crippen MR) is 88.4 cm³/mol. The zero-order valence-electron chi connectivity index (χ0n) is 11.6. The topological polar surface area (TPSA) is 80.0 Å². The number of nitrogens with zero attached hydrogens (tertiary/aromatic N) is 1. The number of aromatic nitrogens is 1. The van der Waals surface area contributed by atoms with Gasteiger partial charge >= 0.3 is 0 Å². The van der Waals surface area contributed by atoms with E-state index < -0.39 is 5.91 Å². The number of primary amides is 1. The normalized spacial score (nSPS) is 9.95. The first-order chi connectivity index (χ1) is 10.1. The van der Waals surface area contributed by atoms with Gasteiger partial charge in [-0.2, -0.15) is 0 Å². The number of benzene rings is 1. The average molecular weight is 300 g/mol. The minimum absolute atomic E-state index is 0.430. The highest BCUT2D eigenvalue weighted by molar-refractivity contribution is 7.80. The van der Waals surface area contributed by atoms with E-state index in [4.69, 9.17) is 18.0 Å². The van der Waals surface area contributed by atoms with Gasteiger partial charge in [-0.1, -0.05) is 13.0 Å². The lowest BCUT2D eigenvalue weighted by Crippen LogP contribution is -2.21. The second kappa shape index (κ2) is 6.81. The van der Waals surface area contributed by atoms with E-state index in [-0.39, 0.29) is 0 Å². The number of anilines is 2. The molecule has 1 aromatic carbocycles. The van der Waals surface area contributed by atoms with Crippen LogP contribution in [-0.2, 0) is 6.42 Å². The number of hydrogen-bond acceptors (Lipinski definition) is 3. The molecule has 1 aromatic heterocycles. The summed E-state index contributed by atoms with van der Waals surface area (Å²) in [5.74, 6) is -0.443. The Bertz CT molecular complexity index is 658. The van der Waals surface area contributed by atoms with Crippen molar-refractivity contribution in [2.24, 2.45) is 5.73 Å². The quantitative estimate of drug-likeness (QED) is 0.756. The Morgan fingerprint density at radius 1 is 1.29 bits per heavy atom. The summed E-state index contributed by atoms with van der Waals surface area (Å²) in [5, 5.41) is 6.55. The lowest BCUT2D eigenvalue weighted by Gasteiger charge is -2.15. The second-order valence-corrected chi connectivity index (χ2v) is 4.78. The molecule has 2 rings (SSSR count). The summed E-state index contributed by atoms with van der Waals surface area (Å²) in [5.41, 5.74) is 8.31. The highest BCUT2D eigenvalue weighted by Crippen LogP contribution is 2.21. The summed E-state index contributed by atoms with van der Waals surface area (Å²) < 4.78 is 0. The van der Waals surface area contributed by atoms with Gasteiger partial charge in [-0.05, 0) is 48.5 Å². The fourth-order valence-electron chi connectivity index (χ4n) is 2.04. The Hall–Kier alpha value is -2.47. The molecule has 2 aromatic rings. The van der Waals surface area contributed by atoms with Gasteiger partial charge in [-0.3, -0.25) is 9.78 Å². The van der Waals surface area contributed by atoms with Gasteiger partial charge < -0.3 is 16.4 Å². The number of rotatable bonds is 4. The van der Waals surface area contributed by atoms with Crippen LogP contribution in [0.15, 0.2) is 42.7 Å². The van der Waals surface area contributed by atoms with E-state index in [2.05, 4.69) is 15.6 Å². The first kappa shape index (κ1) is 14.9. The smallest absolute Gasteiger partial charge is 0.249 e. The molecule has 0 aliphatic heterocycles. The minimum atomic E-state index is -0.443. The molecule has 1 amide bonds. The Kier molecular flexibility index (Phi) is 4.84. The van der Waals surface area contributed by atoms with Crippen LogP contribution >= 0.6 is 12.2 Å². The third-order valence-corrected chi connectivity index (χ3v) is 3.17. The molecule has 21 heavy (non-hydrogen) atoms. The molecule has 0 bridgehead atoms. The van der Waals surface area contributed by atoms with Crippen molar-refractivity contribution in [2.45, 2.75) is 13.3 Å². The summed E-state index contributed by atoms with van der Waals surface area (Å²) >= 11 is 5.27. The van der Waals surface area contributed by atoms with Crippen LogP contribution in [0.1, 0.15) is 22.8 Å². The fraction of sp³-hybridized carbons (Fsp3) is 0.133. The molecule has 0 spiro atoms. The monoisotopic (exact) mass is 300 g/mol. The first-order valence-corrected chi connectivity index (χ1v) is 6.92. The molecule has 0 aliphatic rings. The molecule has 0 saturated carbocycles. The highest BCUT2D eigenvalue weighted by Gasteiger charge is 2.11. The van der Waals surface area contributed by atoms with Crippen LogP contribution < -0.4 is 16.4 Å². The Morgan fingerprint density at radius 2 is 2.10 bits per heavy atom. The summed E-state index contributed by atoms with van der Waals surface area (Å²) in [7, 11) is 0. The van der Waals surface area contributed by atoms with Gasteiger partial charge in [0.15, 0.2) is 5.11 Å². The molecule has 6 heteroatoms. The zero-order chi connectivity index (χ0) is 15.2. The summed E-state index contributed by atoms with van der Waals surface area (Å²) in [6.45, 7) is 1.96. The van der Waals surface area contributed by atoms with Crippen LogP contribution in [0.25, 0.3) is 0 Å². The predicted octanol–water partition coefficient (Wildman–Crippen LogP) is 2.55. The fourth-order valence-corrected chi connectivity index (χ4v) is 2.26. The van der Waals surface area contributed by atoms with E-state index >= 15 is 0 Å². The van der Waals surface area contributed by atoms with E-state index in [9.17, 15) is 4.79 Å². The average Bonchev–Trinajstić information content (AvgIpc) is 2.47. The van der Waals surface area contributed by atoms with Crippen LogP contribution in [0, 0.1) is 0 Å². The largest absolute Gasteiger partial charge is 0.366 e. The lowest BCUT2D eigenvalue weighted by atomic mass is 10.0. The highest BCUT2D eigenvalue weighted by atomic mass is 32.1. The Labute approximate surface area is 128 Å². The van der Waals surface area contributed by atoms with Crippen molar-refractivity contribution in [3.63, 3.8) is 0 Å². The van der Waals surface area contributed by atoms with E-state index in [0.29, 0.717) is 17.1 Å². The van der Waals surface area contributed by atoms with Gasteiger partial charge in [0.25, 0.3) is 0 Å². The maximum absolute atomic E-state index is 11.4. The molecule has 0 aliphatic carbocycles. The van der Waals surface area contributed by atoms with Crippen LogP contribution in [0.5, 0.6) is 0 Å². The van der Waals surface area contributed by atoms with Crippen molar-refractivity contribution in [3.05, 3.63) is 53.9 Å². The number of carbonyl (C=O) groups is 1. The van der Waals surface area contributed by atoms with E-state index in [1.54, 1.807) is 24.5 Å². The number of pyridine rings is 1. The zero-order valence-corrected chi connectivity index (χ0v) is 12.4. The van der Waals surface area contributed by atoms with Gasteiger partial charge in [0.2, 0.25) is 5.91 Å². The minimum Gasteiger partial charge on any atom is -0.366 e. The molecular weight excluding hydrogens is 284 g/mol. The molecule has 1 heterocycles. The van der Waals surface area contributed by atoms with Gasteiger partial charge in [0, 0.05) is 17.4 Å². The second-order valence-electron chi connectivity index (χ2n) is 4.37. The van der Waals surface area contributed by atoms with E-state index in [1.165, 1.54) is 0 Å². The summed E-state index contributed by atoms with van der Waals surface area (Å²) in [4.78, 5) is 15.5. The molecule has 4 N–H and O–H groups in total. The Morgan fingerprint density at radius 3 is 2.71 bits per heavy atom. The molecule has 108 valence electrons. The van der Waals surface area contributed by atoms with Gasteiger partial charge in [-0.15, -0.1) is 0 Å². The van der Waals surface area contributed by atoms with E-state index in [0.717, 1.165) is 16.9 Å². The summed E-state index contributed by atoms with van der Waals surface area (Å²) in [6, 6.07) is 9.03. The molecule has 0 atom stereocenters. The standard InChI is InChI=1S/C15H16N4OS/c1-2-11-12(14(16)20)6-3-7-13(11)19-15(21)18-10-5-4-8-17-9-10/h3-9H,2H2,1H3,(H2,16,20)(H2,18,19,21). The van der Waals surface area contributed by atoms with Crippen molar-refractivity contribution in [2.75, 3.05) is 10.6 Å². The van der Waals surface area contributed by atoms with Crippen molar-refractivity contribution >= 4 is 34.6 Å².